The minimum Gasteiger partial charge on any atom is -0.465 e. The minimum absolute atomic E-state index is 0.114. The number of thiophene rings is 1. The topological polar surface area (TPSA) is 61.2 Å². The molecule has 3 aromatic rings. The number of hydrogen-bond donors (Lipinski definition) is 0. The number of carbonyl (C=O) groups excluding carboxylic acids is 1. The first-order valence-corrected chi connectivity index (χ1v) is 8.99. The zero-order chi connectivity index (χ0) is 18.3. The molecule has 9 heteroatoms. The van der Waals surface area contributed by atoms with Crippen molar-refractivity contribution in [3.63, 3.8) is 0 Å². The largest absolute Gasteiger partial charge is 0.465 e. The highest BCUT2D eigenvalue weighted by molar-refractivity contribution is 7.20. The maximum Gasteiger partial charge on any atom is 0.348 e. The molecule has 25 heavy (non-hydrogen) atoms. The predicted octanol–water partition coefficient (Wildman–Crippen LogP) is 4.56. The van der Waals surface area contributed by atoms with Crippen molar-refractivity contribution in [2.24, 2.45) is 0 Å². The Kier molecular flexibility index (Phi) is 5.06. The summed E-state index contributed by atoms with van der Waals surface area (Å²) in [5.41, 5.74) is 0.781. The van der Waals surface area contributed by atoms with Crippen LogP contribution in [0, 0.1) is 6.92 Å². The van der Waals surface area contributed by atoms with Gasteiger partial charge in [-0.3, -0.25) is 9.36 Å². The second-order valence-electron chi connectivity index (χ2n) is 5.23. The molecule has 0 aliphatic carbocycles. The average molecular weight is 418 g/mol. The molecule has 130 valence electrons. The summed E-state index contributed by atoms with van der Waals surface area (Å²) in [6.07, 6.45) is 1.40. The van der Waals surface area contributed by atoms with E-state index in [1.165, 1.54) is 18.0 Å². The van der Waals surface area contributed by atoms with Crippen molar-refractivity contribution in [1.29, 1.82) is 0 Å². The molecule has 0 spiro atoms. The Morgan fingerprint density at radius 3 is 2.64 bits per heavy atom. The number of esters is 1. The second-order valence-corrected chi connectivity index (χ2v) is 7.42. The van der Waals surface area contributed by atoms with E-state index in [0.717, 1.165) is 11.3 Å². The molecule has 0 unspecified atom stereocenters. The van der Waals surface area contributed by atoms with Gasteiger partial charge in [0.05, 0.1) is 35.4 Å². The monoisotopic (exact) mass is 416 g/mol. The van der Waals surface area contributed by atoms with Crippen molar-refractivity contribution in [2.75, 3.05) is 7.11 Å². The SMILES string of the molecule is COC(=O)c1sc2ncn(Cc3c(Cl)ccc(Cl)c3Cl)c(=O)c2c1C. The summed E-state index contributed by atoms with van der Waals surface area (Å²) in [6.45, 7) is 1.81. The zero-order valence-corrected chi connectivity index (χ0v) is 16.2. The van der Waals surface area contributed by atoms with Crippen molar-refractivity contribution in [2.45, 2.75) is 13.5 Å². The third-order valence-corrected chi connectivity index (χ3v) is 6.13. The lowest BCUT2D eigenvalue weighted by Crippen LogP contribution is -2.21. The number of fused-ring (bicyclic) bond motifs is 1. The van der Waals surface area contributed by atoms with E-state index >= 15 is 0 Å². The highest BCUT2D eigenvalue weighted by Gasteiger charge is 2.20. The van der Waals surface area contributed by atoms with Gasteiger partial charge in [-0.2, -0.15) is 0 Å². The number of rotatable bonds is 3. The fourth-order valence-electron chi connectivity index (χ4n) is 2.44. The number of hydrogen-bond acceptors (Lipinski definition) is 5. The summed E-state index contributed by atoms with van der Waals surface area (Å²) in [6, 6.07) is 3.21. The molecule has 0 bridgehead atoms. The minimum atomic E-state index is -0.493. The first-order valence-electron chi connectivity index (χ1n) is 7.04. The van der Waals surface area contributed by atoms with E-state index in [2.05, 4.69) is 4.98 Å². The van der Waals surface area contributed by atoms with E-state index in [-0.39, 0.29) is 12.1 Å². The Morgan fingerprint density at radius 2 is 1.96 bits per heavy atom. The lowest BCUT2D eigenvalue weighted by Gasteiger charge is -2.10. The fourth-order valence-corrected chi connectivity index (χ4v) is 4.17. The zero-order valence-electron chi connectivity index (χ0n) is 13.1. The number of carbonyl (C=O) groups is 1. The lowest BCUT2D eigenvalue weighted by molar-refractivity contribution is 0.0605. The van der Waals surface area contributed by atoms with Gasteiger partial charge in [-0.05, 0) is 24.6 Å². The van der Waals surface area contributed by atoms with Gasteiger partial charge in [0, 0.05) is 10.6 Å². The first-order chi connectivity index (χ1) is 11.8. The third kappa shape index (κ3) is 3.15. The lowest BCUT2D eigenvalue weighted by atomic mass is 10.2. The van der Waals surface area contributed by atoms with Crippen LogP contribution in [0.2, 0.25) is 15.1 Å². The van der Waals surface area contributed by atoms with Crippen molar-refractivity contribution in [3.05, 3.63) is 59.9 Å². The van der Waals surface area contributed by atoms with Gasteiger partial charge in [0.1, 0.15) is 9.71 Å². The maximum absolute atomic E-state index is 12.8. The molecule has 0 saturated carbocycles. The summed E-state index contributed by atoms with van der Waals surface area (Å²) in [5, 5.41) is 1.42. The number of halogens is 3. The smallest absolute Gasteiger partial charge is 0.348 e. The van der Waals surface area contributed by atoms with Crippen LogP contribution in [0.25, 0.3) is 10.2 Å². The highest BCUT2D eigenvalue weighted by Crippen LogP contribution is 2.32. The Balaban J connectivity index is 2.15. The number of aryl methyl sites for hydroxylation is 1. The molecule has 0 aliphatic heterocycles. The van der Waals surface area contributed by atoms with E-state index in [0.29, 0.717) is 41.3 Å². The Bertz CT molecular complexity index is 1060. The van der Waals surface area contributed by atoms with E-state index in [9.17, 15) is 9.59 Å². The molecule has 3 rings (SSSR count). The Labute approximate surface area is 161 Å². The highest BCUT2D eigenvalue weighted by atomic mass is 35.5. The van der Waals surface area contributed by atoms with Crippen molar-refractivity contribution >= 4 is 62.3 Å². The number of nitrogens with zero attached hydrogens (tertiary/aromatic N) is 2. The van der Waals surface area contributed by atoms with Crippen LogP contribution >= 0.6 is 46.1 Å². The Morgan fingerprint density at radius 1 is 1.28 bits per heavy atom. The fraction of sp³-hybridized carbons (Fsp3) is 0.188. The van der Waals surface area contributed by atoms with Gasteiger partial charge in [0.2, 0.25) is 0 Å². The predicted molar refractivity (Wildman–Crippen MR) is 101 cm³/mol. The van der Waals surface area contributed by atoms with Gasteiger partial charge in [-0.25, -0.2) is 9.78 Å². The quantitative estimate of drug-likeness (QED) is 0.463. The second kappa shape index (κ2) is 6.96. The summed E-state index contributed by atoms with van der Waals surface area (Å²) in [7, 11) is 1.29. The van der Waals surface area contributed by atoms with Crippen LogP contribution in [-0.2, 0) is 11.3 Å². The van der Waals surface area contributed by atoms with Crippen LogP contribution in [-0.4, -0.2) is 22.6 Å². The van der Waals surface area contributed by atoms with Crippen LogP contribution in [0.1, 0.15) is 20.8 Å². The summed E-state index contributed by atoms with van der Waals surface area (Å²) in [5.74, 6) is -0.493. The van der Waals surface area contributed by atoms with Crippen molar-refractivity contribution in [1.82, 2.24) is 9.55 Å². The standard InChI is InChI=1S/C16H11Cl3N2O3S/c1-7-11-14(25-13(7)16(23)24-2)20-6-21(15(11)22)5-8-9(17)3-4-10(18)12(8)19/h3-4,6H,5H2,1-2H3. The van der Waals surface area contributed by atoms with E-state index in [1.54, 1.807) is 19.1 Å². The Hall–Kier alpha value is -1.60. The maximum atomic E-state index is 12.8. The van der Waals surface area contributed by atoms with Gasteiger partial charge >= 0.3 is 5.97 Å². The van der Waals surface area contributed by atoms with Crippen molar-refractivity contribution in [3.8, 4) is 0 Å². The van der Waals surface area contributed by atoms with E-state index in [4.69, 9.17) is 39.5 Å². The molecule has 2 aromatic heterocycles. The van der Waals surface area contributed by atoms with Crippen LogP contribution in [0.15, 0.2) is 23.3 Å². The van der Waals surface area contributed by atoms with Gasteiger partial charge in [-0.15, -0.1) is 11.3 Å². The first kappa shape index (κ1) is 18.2. The number of aromatic nitrogens is 2. The summed E-state index contributed by atoms with van der Waals surface area (Å²) >= 11 is 19.5. The molecule has 0 amide bonds. The third-order valence-electron chi connectivity index (χ3n) is 3.76. The number of ether oxygens (including phenoxy) is 1. The van der Waals surface area contributed by atoms with Gasteiger partial charge in [-0.1, -0.05) is 34.8 Å². The van der Waals surface area contributed by atoms with Gasteiger partial charge in [0.15, 0.2) is 0 Å². The number of benzene rings is 1. The summed E-state index contributed by atoms with van der Waals surface area (Å²) in [4.78, 5) is 29.8. The molecule has 0 aliphatic rings. The molecular formula is C16H11Cl3N2O3S. The number of methoxy groups -OCH3 is 1. The molecular weight excluding hydrogens is 407 g/mol. The molecule has 2 heterocycles. The van der Waals surface area contributed by atoms with Gasteiger partial charge in [0.25, 0.3) is 5.56 Å². The van der Waals surface area contributed by atoms with Gasteiger partial charge < -0.3 is 4.74 Å². The van der Waals surface area contributed by atoms with Crippen LogP contribution < -0.4 is 5.56 Å². The van der Waals surface area contributed by atoms with E-state index < -0.39 is 5.97 Å². The van der Waals surface area contributed by atoms with E-state index in [1.807, 2.05) is 0 Å². The molecule has 0 N–H and O–H groups in total. The van der Waals surface area contributed by atoms with Crippen LogP contribution in [0.5, 0.6) is 0 Å². The van der Waals surface area contributed by atoms with Crippen LogP contribution in [0.4, 0.5) is 0 Å². The molecule has 1 aromatic carbocycles. The molecule has 0 radical (unpaired) electrons. The average Bonchev–Trinajstić information content (AvgIpc) is 2.94. The molecule has 0 fully saturated rings. The molecule has 0 saturated heterocycles. The summed E-state index contributed by atoms with van der Waals surface area (Å²) < 4.78 is 6.12. The van der Waals surface area contributed by atoms with Crippen LogP contribution in [0.3, 0.4) is 0 Å². The normalized spacial score (nSPS) is 11.1. The molecule has 5 nitrogen and oxygen atoms in total. The van der Waals surface area contributed by atoms with Crippen molar-refractivity contribution < 1.29 is 9.53 Å². The molecule has 0 atom stereocenters.